The SMILES string of the molecule is COc1cccc2c3c([nH]c12)CCN(C(C)=O)C3. The number of H-pyrrole nitrogens is 1. The molecule has 1 aromatic carbocycles. The van der Waals surface area contributed by atoms with Crippen LogP contribution in [0, 0.1) is 0 Å². The van der Waals surface area contributed by atoms with Gasteiger partial charge in [-0.2, -0.15) is 0 Å². The molecule has 0 aliphatic carbocycles. The van der Waals surface area contributed by atoms with E-state index in [1.54, 1.807) is 14.0 Å². The molecule has 0 fully saturated rings. The number of fused-ring (bicyclic) bond motifs is 3. The van der Waals surface area contributed by atoms with Crippen LogP contribution in [-0.2, 0) is 17.8 Å². The van der Waals surface area contributed by atoms with Crippen LogP contribution in [0.1, 0.15) is 18.2 Å². The number of methoxy groups -OCH3 is 1. The number of carbonyl (C=O) groups excluding carboxylic acids is 1. The lowest BCUT2D eigenvalue weighted by Crippen LogP contribution is -2.33. The molecule has 2 heterocycles. The first-order chi connectivity index (χ1) is 8.70. The second kappa shape index (κ2) is 4.05. The smallest absolute Gasteiger partial charge is 0.219 e. The Labute approximate surface area is 106 Å². The van der Waals surface area contributed by atoms with E-state index in [0.717, 1.165) is 29.6 Å². The molecule has 0 radical (unpaired) electrons. The van der Waals surface area contributed by atoms with Crippen molar-refractivity contribution >= 4 is 16.8 Å². The first kappa shape index (κ1) is 11.1. The fraction of sp³-hybridized carbons (Fsp3) is 0.357. The first-order valence-electron chi connectivity index (χ1n) is 6.12. The second-order valence-electron chi connectivity index (χ2n) is 4.66. The summed E-state index contributed by atoms with van der Waals surface area (Å²) in [5, 5.41) is 1.16. The average Bonchev–Trinajstić information content (AvgIpc) is 2.76. The summed E-state index contributed by atoms with van der Waals surface area (Å²) in [6, 6.07) is 6.02. The largest absolute Gasteiger partial charge is 0.495 e. The van der Waals surface area contributed by atoms with Crippen LogP contribution >= 0.6 is 0 Å². The van der Waals surface area contributed by atoms with Crippen molar-refractivity contribution in [2.45, 2.75) is 19.9 Å². The number of carbonyl (C=O) groups is 1. The van der Waals surface area contributed by atoms with Crippen molar-refractivity contribution in [1.82, 2.24) is 9.88 Å². The predicted molar refractivity (Wildman–Crippen MR) is 69.6 cm³/mol. The summed E-state index contributed by atoms with van der Waals surface area (Å²) >= 11 is 0. The van der Waals surface area contributed by atoms with Crippen LogP contribution in [0.3, 0.4) is 0 Å². The number of para-hydroxylation sites is 1. The number of hydrogen-bond donors (Lipinski definition) is 1. The fourth-order valence-electron chi connectivity index (χ4n) is 2.65. The molecule has 4 heteroatoms. The van der Waals surface area contributed by atoms with Crippen molar-refractivity contribution in [2.75, 3.05) is 13.7 Å². The van der Waals surface area contributed by atoms with Crippen LogP contribution in [0.15, 0.2) is 18.2 Å². The zero-order valence-corrected chi connectivity index (χ0v) is 10.6. The first-order valence-corrected chi connectivity index (χ1v) is 6.12. The van der Waals surface area contributed by atoms with Crippen molar-refractivity contribution in [2.24, 2.45) is 0 Å². The van der Waals surface area contributed by atoms with E-state index in [1.807, 2.05) is 17.0 Å². The van der Waals surface area contributed by atoms with Gasteiger partial charge in [0.15, 0.2) is 0 Å². The molecule has 1 aromatic heterocycles. The highest BCUT2D eigenvalue weighted by atomic mass is 16.5. The highest BCUT2D eigenvalue weighted by molar-refractivity contribution is 5.90. The van der Waals surface area contributed by atoms with Crippen LogP contribution < -0.4 is 4.74 Å². The highest BCUT2D eigenvalue weighted by Gasteiger charge is 2.22. The second-order valence-corrected chi connectivity index (χ2v) is 4.66. The number of ether oxygens (including phenoxy) is 1. The Kier molecular flexibility index (Phi) is 2.51. The molecule has 94 valence electrons. The summed E-state index contributed by atoms with van der Waals surface area (Å²) in [4.78, 5) is 16.8. The number of hydrogen-bond acceptors (Lipinski definition) is 2. The summed E-state index contributed by atoms with van der Waals surface area (Å²) in [5.74, 6) is 0.995. The molecule has 1 aliphatic heterocycles. The maximum absolute atomic E-state index is 11.5. The standard InChI is InChI=1S/C14H16N2O2/c1-9(17)16-7-6-12-11(8-16)10-4-3-5-13(18-2)14(10)15-12/h3-5,15H,6-8H2,1-2H3. The van der Waals surface area contributed by atoms with E-state index in [-0.39, 0.29) is 5.91 Å². The summed E-state index contributed by atoms with van der Waals surface area (Å²) in [6.07, 6.45) is 0.882. The molecule has 0 saturated carbocycles. The molecule has 1 amide bonds. The lowest BCUT2D eigenvalue weighted by atomic mass is 10.0. The van der Waals surface area contributed by atoms with Gasteiger partial charge in [-0.05, 0) is 6.07 Å². The van der Waals surface area contributed by atoms with E-state index in [2.05, 4.69) is 11.1 Å². The quantitative estimate of drug-likeness (QED) is 0.834. The van der Waals surface area contributed by atoms with Crippen LogP contribution in [-0.4, -0.2) is 29.4 Å². The van der Waals surface area contributed by atoms with E-state index in [1.165, 1.54) is 11.3 Å². The maximum atomic E-state index is 11.5. The van der Waals surface area contributed by atoms with Gasteiger partial charge in [-0.25, -0.2) is 0 Å². The Morgan fingerprint density at radius 3 is 3.00 bits per heavy atom. The summed E-state index contributed by atoms with van der Waals surface area (Å²) in [6.45, 7) is 3.11. The summed E-state index contributed by atoms with van der Waals surface area (Å²) < 4.78 is 5.37. The molecule has 1 aliphatic rings. The predicted octanol–water partition coefficient (Wildman–Crippen LogP) is 2.08. The molecule has 0 saturated heterocycles. The van der Waals surface area contributed by atoms with Gasteiger partial charge in [0.25, 0.3) is 0 Å². The lowest BCUT2D eigenvalue weighted by Gasteiger charge is -2.25. The topological polar surface area (TPSA) is 45.3 Å². The third-order valence-electron chi connectivity index (χ3n) is 3.64. The maximum Gasteiger partial charge on any atom is 0.219 e. The van der Waals surface area contributed by atoms with Crippen molar-refractivity contribution in [3.05, 3.63) is 29.5 Å². The van der Waals surface area contributed by atoms with Gasteiger partial charge in [0, 0.05) is 43.1 Å². The number of nitrogens with zero attached hydrogens (tertiary/aromatic N) is 1. The van der Waals surface area contributed by atoms with Crippen molar-refractivity contribution in [3.63, 3.8) is 0 Å². The molecule has 0 unspecified atom stereocenters. The molecule has 1 N–H and O–H groups in total. The Morgan fingerprint density at radius 1 is 1.44 bits per heavy atom. The monoisotopic (exact) mass is 244 g/mol. The third-order valence-corrected chi connectivity index (χ3v) is 3.64. The number of benzene rings is 1. The van der Waals surface area contributed by atoms with Crippen LogP contribution in [0.4, 0.5) is 0 Å². The minimum atomic E-state index is 0.137. The van der Waals surface area contributed by atoms with Crippen molar-refractivity contribution in [1.29, 1.82) is 0 Å². The Morgan fingerprint density at radius 2 is 2.28 bits per heavy atom. The van der Waals surface area contributed by atoms with Gasteiger partial charge in [-0.15, -0.1) is 0 Å². The van der Waals surface area contributed by atoms with E-state index in [9.17, 15) is 4.79 Å². The van der Waals surface area contributed by atoms with Gasteiger partial charge in [0.05, 0.1) is 12.6 Å². The van der Waals surface area contributed by atoms with Gasteiger partial charge in [-0.1, -0.05) is 12.1 Å². The summed E-state index contributed by atoms with van der Waals surface area (Å²) in [7, 11) is 1.68. The minimum absolute atomic E-state index is 0.137. The molecule has 0 bridgehead atoms. The number of aromatic nitrogens is 1. The van der Waals surface area contributed by atoms with Gasteiger partial charge in [-0.3, -0.25) is 4.79 Å². The van der Waals surface area contributed by atoms with E-state index in [4.69, 9.17) is 4.74 Å². The molecule has 2 aromatic rings. The Bertz CT molecular complexity index is 616. The lowest BCUT2D eigenvalue weighted by molar-refractivity contribution is -0.129. The van der Waals surface area contributed by atoms with Gasteiger partial charge in [0.2, 0.25) is 5.91 Å². The van der Waals surface area contributed by atoms with Crippen molar-refractivity contribution < 1.29 is 9.53 Å². The van der Waals surface area contributed by atoms with Crippen LogP contribution in [0.5, 0.6) is 5.75 Å². The molecule has 3 rings (SSSR count). The number of nitrogens with one attached hydrogen (secondary N) is 1. The van der Waals surface area contributed by atoms with Crippen LogP contribution in [0.2, 0.25) is 0 Å². The van der Waals surface area contributed by atoms with E-state index < -0.39 is 0 Å². The molecular weight excluding hydrogens is 228 g/mol. The van der Waals surface area contributed by atoms with Crippen molar-refractivity contribution in [3.8, 4) is 5.75 Å². The number of amides is 1. The van der Waals surface area contributed by atoms with Gasteiger partial charge >= 0.3 is 0 Å². The zero-order chi connectivity index (χ0) is 12.7. The molecule has 18 heavy (non-hydrogen) atoms. The van der Waals surface area contributed by atoms with Gasteiger partial charge < -0.3 is 14.6 Å². The molecule has 0 spiro atoms. The average molecular weight is 244 g/mol. The van der Waals surface area contributed by atoms with E-state index >= 15 is 0 Å². The fourth-order valence-corrected chi connectivity index (χ4v) is 2.65. The highest BCUT2D eigenvalue weighted by Crippen LogP contribution is 2.32. The Hall–Kier alpha value is -1.97. The summed E-state index contributed by atoms with van der Waals surface area (Å²) in [5.41, 5.74) is 3.49. The molecule has 0 atom stereocenters. The van der Waals surface area contributed by atoms with Gasteiger partial charge in [0.1, 0.15) is 5.75 Å². The number of aromatic amines is 1. The zero-order valence-electron chi connectivity index (χ0n) is 10.6. The third kappa shape index (κ3) is 1.56. The number of rotatable bonds is 1. The van der Waals surface area contributed by atoms with E-state index in [0.29, 0.717) is 6.54 Å². The Balaban J connectivity index is 2.14. The normalized spacial score (nSPS) is 14.7. The molecule has 4 nitrogen and oxygen atoms in total. The minimum Gasteiger partial charge on any atom is -0.495 e. The van der Waals surface area contributed by atoms with Crippen LogP contribution in [0.25, 0.3) is 10.9 Å². The molecular formula is C14H16N2O2.